The minimum absolute atomic E-state index is 0.0647. The van der Waals surface area contributed by atoms with Crippen molar-refractivity contribution in [2.24, 2.45) is 29.1 Å². The van der Waals surface area contributed by atoms with Gasteiger partial charge in [0.1, 0.15) is 0 Å². The van der Waals surface area contributed by atoms with E-state index in [1.54, 1.807) is 0 Å². The third kappa shape index (κ3) is 2.22. The first-order valence-electron chi connectivity index (χ1n) is 7.20. The summed E-state index contributed by atoms with van der Waals surface area (Å²) in [6, 6.07) is 0. The summed E-state index contributed by atoms with van der Waals surface area (Å²) < 4.78 is 45.8. The van der Waals surface area contributed by atoms with Crippen LogP contribution in [-0.2, 0) is 19.6 Å². The molecule has 3 aliphatic carbocycles. The van der Waals surface area contributed by atoms with Crippen LogP contribution in [0.25, 0.3) is 0 Å². The summed E-state index contributed by atoms with van der Waals surface area (Å²) in [7, 11) is -5.19. The van der Waals surface area contributed by atoms with E-state index in [2.05, 4.69) is 0 Å². The van der Waals surface area contributed by atoms with Crippen molar-refractivity contribution in [1.82, 2.24) is 0 Å². The summed E-state index contributed by atoms with van der Waals surface area (Å²) in [6.07, 6.45) is 2.14. The standard InChI is InChI=1S/C13H18FIO6S/c1-6-3-12(4-7-2-8(9(7)12)10(6)16)5-21-11(17)13(14,15)22(18,19)20/h6-10,16H,2-5H2,1H3,(H,18,19,20). The van der Waals surface area contributed by atoms with Gasteiger partial charge >= 0.3 is 19.1 Å². The molecular formula is C13H18FIO6S. The number of aliphatic hydroxyl groups excluding tert-OH is 1. The average Bonchev–Trinajstić information content (AvgIpc) is 2.36. The van der Waals surface area contributed by atoms with Crippen LogP contribution >= 0.6 is 22.6 Å². The smallest absolute Gasteiger partial charge is 0.378 e. The molecule has 126 valence electrons. The molecule has 7 atom stereocenters. The van der Waals surface area contributed by atoms with E-state index >= 15 is 0 Å². The van der Waals surface area contributed by atoms with E-state index in [-0.39, 0.29) is 35.9 Å². The molecule has 7 unspecified atom stereocenters. The molecule has 3 rings (SSSR count). The number of carbonyl (C=O) groups excluding carboxylic acids is 1. The van der Waals surface area contributed by atoms with Gasteiger partial charge in [-0.2, -0.15) is 12.8 Å². The fourth-order valence-electron chi connectivity index (χ4n) is 4.83. The van der Waals surface area contributed by atoms with Crippen LogP contribution in [0.5, 0.6) is 0 Å². The molecule has 0 aromatic rings. The number of hydrogen-bond acceptors (Lipinski definition) is 5. The van der Waals surface area contributed by atoms with Gasteiger partial charge in [0, 0.05) is 5.41 Å². The Morgan fingerprint density at radius 3 is 2.68 bits per heavy atom. The molecule has 0 bridgehead atoms. The summed E-state index contributed by atoms with van der Waals surface area (Å²) in [4.78, 5) is 11.7. The molecule has 0 aliphatic heterocycles. The van der Waals surface area contributed by atoms with Crippen molar-refractivity contribution in [3.05, 3.63) is 0 Å². The maximum absolute atomic E-state index is 13.8. The van der Waals surface area contributed by atoms with Crippen LogP contribution < -0.4 is 0 Å². The van der Waals surface area contributed by atoms with Crippen molar-refractivity contribution in [2.45, 2.75) is 35.3 Å². The first-order valence-corrected chi connectivity index (χ1v) is 9.71. The number of hydrogen-bond donors (Lipinski definition) is 2. The molecule has 3 aliphatic rings. The fraction of sp³-hybridized carbons (Fsp3) is 0.923. The summed E-state index contributed by atoms with van der Waals surface area (Å²) in [5.41, 5.74) is -0.284. The van der Waals surface area contributed by atoms with Crippen LogP contribution in [0, 0.1) is 29.1 Å². The van der Waals surface area contributed by atoms with Crippen molar-refractivity contribution in [3.63, 3.8) is 0 Å². The number of esters is 1. The highest BCUT2D eigenvalue weighted by atomic mass is 127. The Hall–Kier alpha value is -0.000000000000000153. The van der Waals surface area contributed by atoms with E-state index in [4.69, 9.17) is 9.29 Å². The van der Waals surface area contributed by atoms with Crippen molar-refractivity contribution in [3.8, 4) is 0 Å². The van der Waals surface area contributed by atoms with Gasteiger partial charge in [-0.25, -0.2) is 4.79 Å². The molecule has 3 fully saturated rings. The molecular weight excluding hydrogens is 430 g/mol. The molecule has 2 N–H and O–H groups in total. The Labute approximate surface area is 141 Å². The molecule has 22 heavy (non-hydrogen) atoms. The predicted molar refractivity (Wildman–Crippen MR) is 82.3 cm³/mol. The number of carbonyl (C=O) groups is 1. The predicted octanol–water partition coefficient (Wildman–Crippen LogP) is 1.52. The minimum atomic E-state index is -5.19. The lowest BCUT2D eigenvalue weighted by Gasteiger charge is -2.70. The van der Waals surface area contributed by atoms with Crippen LogP contribution in [0.15, 0.2) is 0 Å². The minimum Gasteiger partial charge on any atom is -0.461 e. The van der Waals surface area contributed by atoms with Crippen molar-refractivity contribution in [1.29, 1.82) is 0 Å². The second kappa shape index (κ2) is 5.00. The molecule has 6 nitrogen and oxygen atoms in total. The van der Waals surface area contributed by atoms with E-state index in [0.29, 0.717) is 12.3 Å². The van der Waals surface area contributed by atoms with Crippen LogP contribution in [0.1, 0.15) is 26.2 Å². The Kier molecular flexibility index (Phi) is 3.83. The summed E-state index contributed by atoms with van der Waals surface area (Å²) >= 11 is 0.732. The maximum atomic E-state index is 13.8. The van der Waals surface area contributed by atoms with E-state index in [0.717, 1.165) is 35.4 Å². The molecule has 0 aromatic carbocycles. The third-order valence-corrected chi connectivity index (χ3v) is 8.65. The molecule has 0 radical (unpaired) electrons. The van der Waals surface area contributed by atoms with Gasteiger partial charge in [-0.05, 0) is 65.5 Å². The Morgan fingerprint density at radius 1 is 1.50 bits per heavy atom. The summed E-state index contributed by atoms with van der Waals surface area (Å²) in [6.45, 7) is 1.87. The molecule has 0 heterocycles. The Bertz CT molecular complexity index is 608. The maximum Gasteiger partial charge on any atom is 0.378 e. The zero-order chi connectivity index (χ0) is 16.5. The van der Waals surface area contributed by atoms with E-state index in [1.165, 1.54) is 0 Å². The number of aliphatic hydroxyl groups is 1. The lowest BCUT2D eigenvalue weighted by atomic mass is 9.35. The van der Waals surface area contributed by atoms with Crippen molar-refractivity contribution in [2.75, 3.05) is 6.61 Å². The van der Waals surface area contributed by atoms with Gasteiger partial charge in [-0.15, -0.1) is 0 Å². The SMILES string of the molecule is CC1CC2(COC(=O)C(F)(I)S(=O)(=O)O)CC3CC(C1O)C32. The molecule has 3 saturated carbocycles. The third-order valence-electron chi connectivity index (χ3n) is 5.72. The fourth-order valence-corrected chi connectivity index (χ4v) is 5.25. The highest BCUT2D eigenvalue weighted by molar-refractivity contribution is 14.1. The summed E-state index contributed by atoms with van der Waals surface area (Å²) in [5, 5.41) is 10.2. The topological polar surface area (TPSA) is 101 Å². The second-order valence-corrected chi connectivity index (χ2v) is 10.7. The van der Waals surface area contributed by atoms with Crippen molar-refractivity contribution >= 4 is 38.7 Å². The van der Waals surface area contributed by atoms with Gasteiger partial charge in [0.05, 0.1) is 12.7 Å². The van der Waals surface area contributed by atoms with Gasteiger partial charge < -0.3 is 9.84 Å². The second-order valence-electron chi connectivity index (χ2n) is 6.99. The number of ether oxygens (including phenoxy) is 1. The number of alkyl halides is 2. The largest absolute Gasteiger partial charge is 0.461 e. The van der Waals surface area contributed by atoms with E-state index in [9.17, 15) is 22.7 Å². The lowest BCUT2D eigenvalue weighted by Crippen LogP contribution is -2.68. The number of halogens is 2. The Balaban J connectivity index is 1.69. The van der Waals surface area contributed by atoms with Crippen molar-refractivity contribution < 1.29 is 32.0 Å². The molecule has 0 saturated heterocycles. The Morgan fingerprint density at radius 2 is 2.14 bits per heavy atom. The highest BCUT2D eigenvalue weighted by Crippen LogP contribution is 2.71. The van der Waals surface area contributed by atoms with Gasteiger partial charge in [0.15, 0.2) is 0 Å². The molecule has 0 spiro atoms. The summed E-state index contributed by atoms with van der Waals surface area (Å²) in [5.74, 6) is -0.555. The van der Waals surface area contributed by atoms with E-state index < -0.39 is 19.1 Å². The highest BCUT2D eigenvalue weighted by Gasteiger charge is 2.68. The van der Waals surface area contributed by atoms with Gasteiger partial charge in [-0.3, -0.25) is 4.55 Å². The first-order chi connectivity index (χ1) is 9.99. The zero-order valence-electron chi connectivity index (χ0n) is 11.9. The zero-order valence-corrected chi connectivity index (χ0v) is 14.9. The quantitative estimate of drug-likeness (QED) is 0.293. The van der Waals surface area contributed by atoms with Crippen LogP contribution in [0.2, 0.25) is 0 Å². The van der Waals surface area contributed by atoms with Gasteiger partial charge in [0.2, 0.25) is 0 Å². The van der Waals surface area contributed by atoms with Crippen LogP contribution in [-0.4, -0.2) is 39.8 Å². The monoisotopic (exact) mass is 448 g/mol. The van der Waals surface area contributed by atoms with E-state index in [1.807, 2.05) is 6.92 Å². The molecule has 0 amide bonds. The van der Waals surface area contributed by atoms with Gasteiger partial charge in [-0.1, -0.05) is 6.92 Å². The van der Waals surface area contributed by atoms with Gasteiger partial charge in [0.25, 0.3) is 0 Å². The van der Waals surface area contributed by atoms with Crippen LogP contribution in [0.3, 0.4) is 0 Å². The first kappa shape index (κ1) is 16.8. The normalized spacial score (nSPS) is 45.8. The number of rotatable bonds is 4. The average molecular weight is 448 g/mol. The lowest BCUT2D eigenvalue weighted by molar-refractivity contribution is -0.261. The molecule has 0 aromatic heterocycles. The molecule has 9 heteroatoms. The van der Waals surface area contributed by atoms with Crippen LogP contribution in [0.4, 0.5) is 4.39 Å².